The predicted octanol–water partition coefficient (Wildman–Crippen LogP) is 4.02. The zero-order valence-electron chi connectivity index (χ0n) is 17.4. The Bertz CT molecular complexity index is 1370. The normalized spacial score (nSPS) is 12.4. The molecule has 5 rings (SSSR count). The van der Waals surface area contributed by atoms with Gasteiger partial charge in [0, 0.05) is 25.0 Å². The molecule has 31 heavy (non-hydrogen) atoms. The van der Waals surface area contributed by atoms with Crippen LogP contribution in [0, 0.1) is 19.7 Å². The van der Waals surface area contributed by atoms with E-state index in [9.17, 15) is 4.39 Å². The van der Waals surface area contributed by atoms with E-state index in [4.69, 9.17) is 0 Å². The Morgan fingerprint density at radius 2 is 1.81 bits per heavy atom. The summed E-state index contributed by atoms with van der Waals surface area (Å²) < 4.78 is 18.6. The fraction of sp³-hybridized carbons (Fsp3) is 0.174. The number of rotatable bonds is 4. The summed E-state index contributed by atoms with van der Waals surface area (Å²) in [5, 5.41) is 8.24. The first-order valence-corrected chi connectivity index (χ1v) is 9.91. The summed E-state index contributed by atoms with van der Waals surface area (Å²) in [6.45, 7) is 3.81. The highest BCUT2D eigenvalue weighted by molar-refractivity contribution is 5.79. The molecule has 0 amide bonds. The first-order valence-electron chi connectivity index (χ1n) is 9.91. The zero-order valence-corrected chi connectivity index (χ0v) is 17.4. The Balaban J connectivity index is 1.79. The van der Waals surface area contributed by atoms with Crippen LogP contribution in [0.25, 0.3) is 22.4 Å². The lowest BCUT2D eigenvalue weighted by Crippen LogP contribution is -2.17. The molecule has 4 heterocycles. The average Bonchev–Trinajstić information content (AvgIpc) is 3.28. The molecule has 0 N–H and O–H groups in total. The quantitative estimate of drug-likeness (QED) is 0.445. The van der Waals surface area contributed by atoms with E-state index in [1.807, 2.05) is 61.9 Å². The Hall–Kier alpha value is -3.94. The fourth-order valence-electron chi connectivity index (χ4n) is 4.07. The number of benzene rings is 1. The highest BCUT2D eigenvalue weighted by atomic mass is 19.1. The third-order valence-corrected chi connectivity index (χ3v) is 5.41. The van der Waals surface area contributed by atoms with Crippen LogP contribution in [-0.2, 0) is 7.05 Å². The van der Waals surface area contributed by atoms with E-state index >= 15 is 0 Å². The van der Waals surface area contributed by atoms with Gasteiger partial charge in [0.1, 0.15) is 23.4 Å². The SMILES string of the molecule is Cc1nnn(C)c1-c1cnc2nc(C)n(C(c3ccccc3)c3ncccc3F)c2c1. The molecule has 0 saturated heterocycles. The predicted molar refractivity (Wildman–Crippen MR) is 115 cm³/mol. The molecule has 0 fully saturated rings. The van der Waals surface area contributed by atoms with E-state index in [0.717, 1.165) is 33.9 Å². The number of imidazole rings is 1. The number of pyridine rings is 2. The van der Waals surface area contributed by atoms with Crippen molar-refractivity contribution < 1.29 is 4.39 Å². The van der Waals surface area contributed by atoms with Gasteiger partial charge in [-0.2, -0.15) is 0 Å². The third kappa shape index (κ3) is 3.16. The van der Waals surface area contributed by atoms with E-state index in [2.05, 4.69) is 25.3 Å². The van der Waals surface area contributed by atoms with Crippen LogP contribution in [0.2, 0.25) is 0 Å². The second-order valence-corrected chi connectivity index (χ2v) is 7.43. The summed E-state index contributed by atoms with van der Waals surface area (Å²) in [4.78, 5) is 13.6. The molecule has 0 aliphatic heterocycles. The van der Waals surface area contributed by atoms with Gasteiger partial charge in [0.15, 0.2) is 5.65 Å². The van der Waals surface area contributed by atoms with E-state index in [0.29, 0.717) is 11.3 Å². The molecule has 8 heteroatoms. The van der Waals surface area contributed by atoms with Gasteiger partial charge in [-0.1, -0.05) is 35.5 Å². The maximum atomic E-state index is 14.9. The molecule has 5 aromatic rings. The largest absolute Gasteiger partial charge is 0.313 e. The van der Waals surface area contributed by atoms with Gasteiger partial charge in [0.25, 0.3) is 0 Å². The molecule has 0 spiro atoms. The lowest BCUT2D eigenvalue weighted by atomic mass is 10.0. The molecular formula is C23H20FN7. The smallest absolute Gasteiger partial charge is 0.177 e. The van der Waals surface area contributed by atoms with Crippen molar-refractivity contribution in [3.05, 3.63) is 89.5 Å². The lowest BCUT2D eigenvalue weighted by molar-refractivity contribution is 0.556. The molecule has 0 aliphatic carbocycles. The molecule has 4 aromatic heterocycles. The molecule has 0 radical (unpaired) electrons. The number of fused-ring (bicyclic) bond motifs is 1. The summed E-state index contributed by atoms with van der Waals surface area (Å²) in [7, 11) is 1.85. The Labute approximate surface area is 178 Å². The molecule has 0 aliphatic rings. The standard InChI is InChI=1S/C23H20FN7/c1-14-21(30(3)29-28-14)17-12-19-23(26-13-17)27-15(2)31(19)22(16-8-5-4-6-9-16)20-18(24)10-7-11-25-20/h4-13,22H,1-3H3. The second-order valence-electron chi connectivity index (χ2n) is 7.43. The van der Waals surface area contributed by atoms with Crippen molar-refractivity contribution in [3.8, 4) is 11.3 Å². The topological polar surface area (TPSA) is 74.3 Å². The van der Waals surface area contributed by atoms with Crippen LogP contribution in [0.4, 0.5) is 4.39 Å². The third-order valence-electron chi connectivity index (χ3n) is 5.41. The molecule has 154 valence electrons. The van der Waals surface area contributed by atoms with Crippen molar-refractivity contribution in [2.75, 3.05) is 0 Å². The number of aromatic nitrogens is 7. The van der Waals surface area contributed by atoms with E-state index in [1.165, 1.54) is 6.07 Å². The first kappa shape index (κ1) is 19.0. The first-order chi connectivity index (χ1) is 15.0. The maximum absolute atomic E-state index is 14.9. The van der Waals surface area contributed by atoms with Gasteiger partial charge >= 0.3 is 0 Å². The summed E-state index contributed by atoms with van der Waals surface area (Å²) in [5.74, 6) is 0.354. The molecule has 1 unspecified atom stereocenters. The minimum absolute atomic E-state index is 0.333. The van der Waals surface area contributed by atoms with Gasteiger partial charge in [0.2, 0.25) is 0 Å². The van der Waals surface area contributed by atoms with Gasteiger partial charge in [-0.15, -0.1) is 5.10 Å². The fourth-order valence-corrected chi connectivity index (χ4v) is 4.07. The minimum atomic E-state index is -0.491. The van der Waals surface area contributed by atoms with Gasteiger partial charge in [-0.25, -0.2) is 19.0 Å². The van der Waals surface area contributed by atoms with Crippen LogP contribution in [-0.4, -0.2) is 34.5 Å². The number of hydrogen-bond donors (Lipinski definition) is 0. The number of aryl methyl sites for hydroxylation is 3. The Morgan fingerprint density at radius 3 is 2.52 bits per heavy atom. The van der Waals surface area contributed by atoms with Crippen LogP contribution < -0.4 is 0 Å². The molecular weight excluding hydrogens is 393 g/mol. The highest BCUT2D eigenvalue weighted by Crippen LogP contribution is 2.33. The maximum Gasteiger partial charge on any atom is 0.177 e. The van der Waals surface area contributed by atoms with Crippen LogP contribution >= 0.6 is 0 Å². The molecule has 1 atom stereocenters. The van der Waals surface area contributed by atoms with Crippen molar-refractivity contribution in [1.82, 2.24) is 34.5 Å². The monoisotopic (exact) mass is 413 g/mol. The summed E-state index contributed by atoms with van der Waals surface area (Å²) in [6, 6.07) is 14.3. The molecule has 1 aromatic carbocycles. The summed E-state index contributed by atoms with van der Waals surface area (Å²) in [5.41, 5.74) is 5.17. The van der Waals surface area contributed by atoms with Crippen molar-refractivity contribution in [2.45, 2.75) is 19.9 Å². The van der Waals surface area contributed by atoms with Crippen molar-refractivity contribution in [3.63, 3.8) is 0 Å². The van der Waals surface area contributed by atoms with Gasteiger partial charge in [-0.3, -0.25) is 4.98 Å². The number of nitrogens with zero attached hydrogens (tertiary/aromatic N) is 7. The highest BCUT2D eigenvalue weighted by Gasteiger charge is 2.26. The van der Waals surface area contributed by atoms with E-state index < -0.39 is 6.04 Å². The Kier molecular flexibility index (Phi) is 4.54. The summed E-state index contributed by atoms with van der Waals surface area (Å²) in [6.07, 6.45) is 3.38. The molecule has 7 nitrogen and oxygen atoms in total. The van der Waals surface area contributed by atoms with Crippen molar-refractivity contribution in [1.29, 1.82) is 0 Å². The van der Waals surface area contributed by atoms with Crippen molar-refractivity contribution >= 4 is 11.2 Å². The van der Waals surface area contributed by atoms with Gasteiger partial charge in [-0.05, 0) is 37.6 Å². The van der Waals surface area contributed by atoms with E-state index in [-0.39, 0.29) is 5.82 Å². The number of hydrogen-bond acceptors (Lipinski definition) is 5. The van der Waals surface area contributed by atoms with E-state index in [1.54, 1.807) is 23.1 Å². The van der Waals surface area contributed by atoms with Crippen LogP contribution in [0.5, 0.6) is 0 Å². The zero-order chi connectivity index (χ0) is 21.5. The average molecular weight is 413 g/mol. The van der Waals surface area contributed by atoms with Gasteiger partial charge in [0.05, 0.1) is 16.9 Å². The molecule has 0 saturated carbocycles. The molecule has 0 bridgehead atoms. The van der Waals surface area contributed by atoms with Crippen LogP contribution in [0.15, 0.2) is 60.9 Å². The van der Waals surface area contributed by atoms with Crippen molar-refractivity contribution in [2.24, 2.45) is 7.05 Å². The lowest BCUT2D eigenvalue weighted by Gasteiger charge is -2.22. The van der Waals surface area contributed by atoms with Crippen LogP contribution in [0.3, 0.4) is 0 Å². The van der Waals surface area contributed by atoms with Crippen LogP contribution in [0.1, 0.15) is 28.8 Å². The minimum Gasteiger partial charge on any atom is -0.313 e. The Morgan fingerprint density at radius 1 is 1.00 bits per heavy atom. The van der Waals surface area contributed by atoms with Gasteiger partial charge < -0.3 is 4.57 Å². The second kappa shape index (κ2) is 7.39. The summed E-state index contributed by atoms with van der Waals surface area (Å²) >= 11 is 0. The number of halogens is 1.